The van der Waals surface area contributed by atoms with Gasteiger partial charge in [0, 0.05) is 36.3 Å². The lowest BCUT2D eigenvalue weighted by Crippen LogP contribution is -2.54. The summed E-state index contributed by atoms with van der Waals surface area (Å²) in [5, 5.41) is 4.40. The second-order valence-corrected chi connectivity index (χ2v) is 8.67. The van der Waals surface area contributed by atoms with Gasteiger partial charge in [-0.3, -0.25) is 4.90 Å². The number of halogens is 1. The maximum atomic E-state index is 11.7. The third-order valence-corrected chi connectivity index (χ3v) is 6.66. The van der Waals surface area contributed by atoms with Gasteiger partial charge < -0.3 is 14.8 Å². The molecule has 1 aliphatic carbocycles. The fourth-order valence-electron chi connectivity index (χ4n) is 4.66. The number of rotatable bonds is 7. The van der Waals surface area contributed by atoms with Gasteiger partial charge in [0.1, 0.15) is 17.8 Å². The average Bonchev–Trinajstić information content (AvgIpc) is 3.25. The number of hydrogen-bond acceptors (Lipinski definition) is 4. The van der Waals surface area contributed by atoms with Crippen molar-refractivity contribution in [1.29, 1.82) is 0 Å². The van der Waals surface area contributed by atoms with Gasteiger partial charge in [0.05, 0.1) is 5.54 Å². The Kier molecular flexibility index (Phi) is 6.53. The minimum absolute atomic E-state index is 0.177. The molecule has 1 saturated heterocycles. The zero-order chi connectivity index (χ0) is 20.1. The average molecular weight is 413 g/mol. The molecular formula is C24H29ClN2O2. The molecule has 1 heterocycles. The van der Waals surface area contributed by atoms with Gasteiger partial charge in [-0.25, -0.2) is 0 Å². The van der Waals surface area contributed by atoms with Crippen LogP contribution in [-0.2, 0) is 11.3 Å². The van der Waals surface area contributed by atoms with Gasteiger partial charge in [-0.05, 0) is 56.0 Å². The molecule has 2 fully saturated rings. The normalized spacial score (nSPS) is 19.9. The Morgan fingerprint density at radius 3 is 2.45 bits per heavy atom. The molecule has 0 spiro atoms. The zero-order valence-corrected chi connectivity index (χ0v) is 17.5. The van der Waals surface area contributed by atoms with Gasteiger partial charge in [-0.15, -0.1) is 0 Å². The van der Waals surface area contributed by atoms with E-state index < -0.39 is 0 Å². The van der Waals surface area contributed by atoms with Crippen LogP contribution >= 0.6 is 11.6 Å². The summed E-state index contributed by atoms with van der Waals surface area (Å²) in [5.41, 5.74) is 0.967. The van der Waals surface area contributed by atoms with E-state index in [1.807, 2.05) is 42.5 Å². The van der Waals surface area contributed by atoms with Crippen LogP contribution in [0.1, 0.15) is 44.1 Å². The van der Waals surface area contributed by atoms with Crippen LogP contribution in [0.4, 0.5) is 0 Å². The molecule has 0 bridgehead atoms. The molecule has 2 aliphatic rings. The fourth-order valence-corrected chi connectivity index (χ4v) is 4.78. The number of hydrogen-bond donors (Lipinski definition) is 1. The number of piperidine rings is 1. The van der Waals surface area contributed by atoms with Crippen molar-refractivity contribution in [3.05, 3.63) is 59.1 Å². The fraction of sp³-hybridized carbons (Fsp3) is 0.458. The molecule has 1 saturated carbocycles. The number of para-hydroxylation sites is 1. The van der Waals surface area contributed by atoms with E-state index in [4.69, 9.17) is 16.3 Å². The van der Waals surface area contributed by atoms with Crippen LogP contribution in [-0.4, -0.2) is 35.9 Å². The minimum atomic E-state index is -0.177. The molecule has 29 heavy (non-hydrogen) atoms. The number of benzene rings is 2. The van der Waals surface area contributed by atoms with Gasteiger partial charge in [0.15, 0.2) is 0 Å². The quantitative estimate of drug-likeness (QED) is 0.635. The van der Waals surface area contributed by atoms with Crippen molar-refractivity contribution in [3.63, 3.8) is 0 Å². The molecule has 2 aromatic rings. The van der Waals surface area contributed by atoms with Crippen molar-refractivity contribution in [3.8, 4) is 11.5 Å². The van der Waals surface area contributed by atoms with Crippen molar-refractivity contribution in [1.82, 2.24) is 10.2 Å². The second kappa shape index (κ2) is 9.29. The third kappa shape index (κ3) is 4.82. The highest BCUT2D eigenvalue weighted by Gasteiger charge is 2.40. The van der Waals surface area contributed by atoms with E-state index in [-0.39, 0.29) is 5.54 Å². The van der Waals surface area contributed by atoms with E-state index in [0.717, 1.165) is 62.4 Å². The lowest BCUT2D eigenvalue weighted by Gasteiger charge is -2.42. The molecule has 5 heteroatoms. The zero-order valence-electron chi connectivity index (χ0n) is 16.8. The number of carbonyl (C=O) groups is 1. The van der Waals surface area contributed by atoms with Crippen molar-refractivity contribution in [2.24, 2.45) is 0 Å². The Hall–Kier alpha value is -1.88. The lowest BCUT2D eigenvalue weighted by molar-refractivity contribution is -0.119. The number of likely N-dealkylation sites (tertiary alicyclic amines) is 1. The number of aldehydes is 1. The molecule has 4 rings (SSSR count). The predicted molar refractivity (Wildman–Crippen MR) is 117 cm³/mol. The van der Waals surface area contributed by atoms with Gasteiger partial charge in [0.2, 0.25) is 0 Å². The van der Waals surface area contributed by atoms with E-state index in [9.17, 15) is 4.79 Å². The molecule has 2 aromatic carbocycles. The highest BCUT2D eigenvalue weighted by Crippen LogP contribution is 2.35. The van der Waals surface area contributed by atoms with E-state index >= 15 is 0 Å². The van der Waals surface area contributed by atoms with Crippen LogP contribution in [0.2, 0.25) is 5.02 Å². The summed E-state index contributed by atoms with van der Waals surface area (Å²) in [6.07, 6.45) is 7.81. The van der Waals surface area contributed by atoms with Gasteiger partial charge >= 0.3 is 0 Å². The summed E-state index contributed by atoms with van der Waals surface area (Å²) in [6.45, 7) is 2.77. The maximum Gasteiger partial charge on any atom is 0.140 e. The number of ether oxygens (including phenoxy) is 1. The summed E-state index contributed by atoms with van der Waals surface area (Å²) < 4.78 is 6.07. The smallest absolute Gasteiger partial charge is 0.140 e. The molecule has 1 N–H and O–H groups in total. The van der Waals surface area contributed by atoms with E-state index in [0.29, 0.717) is 11.1 Å². The Bertz CT molecular complexity index is 810. The van der Waals surface area contributed by atoms with E-state index in [1.165, 1.54) is 19.1 Å². The van der Waals surface area contributed by atoms with Crippen LogP contribution < -0.4 is 10.1 Å². The van der Waals surface area contributed by atoms with Gasteiger partial charge in [-0.1, -0.05) is 42.6 Å². The minimum Gasteiger partial charge on any atom is -0.457 e. The van der Waals surface area contributed by atoms with Crippen LogP contribution in [0, 0.1) is 0 Å². The second-order valence-electron chi connectivity index (χ2n) is 8.23. The van der Waals surface area contributed by atoms with E-state index in [2.05, 4.69) is 16.3 Å². The van der Waals surface area contributed by atoms with Crippen molar-refractivity contribution in [2.45, 2.75) is 56.7 Å². The van der Waals surface area contributed by atoms with Crippen molar-refractivity contribution < 1.29 is 9.53 Å². The SMILES string of the molecule is O=CC1(N2CCC(NCc3ccccc3Oc3ccc(Cl)cc3)CC2)CCCC1. The molecule has 0 unspecified atom stereocenters. The maximum absolute atomic E-state index is 11.7. The summed E-state index contributed by atoms with van der Waals surface area (Å²) >= 11 is 5.96. The first-order chi connectivity index (χ1) is 14.2. The summed E-state index contributed by atoms with van der Waals surface area (Å²) in [7, 11) is 0. The molecular weight excluding hydrogens is 384 g/mol. The molecule has 0 aromatic heterocycles. The van der Waals surface area contributed by atoms with Crippen LogP contribution in [0.3, 0.4) is 0 Å². The first kappa shape index (κ1) is 20.4. The van der Waals surface area contributed by atoms with E-state index in [1.54, 1.807) is 0 Å². The van der Waals surface area contributed by atoms with Gasteiger partial charge in [0.25, 0.3) is 0 Å². The molecule has 0 atom stereocenters. The largest absolute Gasteiger partial charge is 0.457 e. The Balaban J connectivity index is 1.32. The molecule has 0 radical (unpaired) electrons. The van der Waals surface area contributed by atoms with Crippen molar-refractivity contribution in [2.75, 3.05) is 13.1 Å². The Labute approximate surface area is 178 Å². The number of nitrogens with zero attached hydrogens (tertiary/aromatic N) is 1. The lowest BCUT2D eigenvalue weighted by atomic mass is 9.92. The summed E-state index contributed by atoms with van der Waals surface area (Å²) in [5.74, 6) is 1.65. The van der Waals surface area contributed by atoms with Crippen LogP contribution in [0.5, 0.6) is 11.5 Å². The monoisotopic (exact) mass is 412 g/mol. The first-order valence-corrected chi connectivity index (χ1v) is 11.0. The van der Waals surface area contributed by atoms with Crippen LogP contribution in [0.15, 0.2) is 48.5 Å². The topological polar surface area (TPSA) is 41.6 Å². The molecule has 4 nitrogen and oxygen atoms in total. The number of carbonyl (C=O) groups excluding carboxylic acids is 1. The Morgan fingerprint density at radius 1 is 1.07 bits per heavy atom. The predicted octanol–water partition coefficient (Wildman–Crippen LogP) is 5.20. The highest BCUT2D eigenvalue weighted by molar-refractivity contribution is 6.30. The standard InChI is InChI=1S/C24H29ClN2O2/c25-20-7-9-22(10-8-20)29-23-6-2-1-5-19(23)17-26-21-11-15-27(16-12-21)24(18-28)13-3-4-14-24/h1-2,5-10,18,21,26H,3-4,11-17H2. The summed E-state index contributed by atoms with van der Waals surface area (Å²) in [6, 6.07) is 16.1. The molecule has 154 valence electrons. The third-order valence-electron chi connectivity index (χ3n) is 6.41. The highest BCUT2D eigenvalue weighted by atomic mass is 35.5. The molecule has 1 aliphatic heterocycles. The van der Waals surface area contributed by atoms with Crippen molar-refractivity contribution >= 4 is 17.9 Å². The number of nitrogens with one attached hydrogen (secondary N) is 1. The van der Waals surface area contributed by atoms with Crippen LogP contribution in [0.25, 0.3) is 0 Å². The van der Waals surface area contributed by atoms with Gasteiger partial charge in [-0.2, -0.15) is 0 Å². The Morgan fingerprint density at radius 2 is 1.76 bits per heavy atom. The first-order valence-electron chi connectivity index (χ1n) is 10.6. The summed E-state index contributed by atoms with van der Waals surface area (Å²) in [4.78, 5) is 14.2. The molecule has 0 amide bonds.